The fourth-order valence-corrected chi connectivity index (χ4v) is 3.35. The van der Waals surface area contributed by atoms with Gasteiger partial charge in [-0.25, -0.2) is 4.68 Å². The number of unbranched alkanes of at least 4 members (excludes halogenated alkanes) is 1. The van der Waals surface area contributed by atoms with Gasteiger partial charge in [0.2, 0.25) is 5.91 Å². The van der Waals surface area contributed by atoms with Gasteiger partial charge in [-0.2, -0.15) is 18.3 Å². The summed E-state index contributed by atoms with van der Waals surface area (Å²) in [6.45, 7) is 0. The minimum absolute atomic E-state index is 0.270. The molecule has 0 saturated heterocycles. The number of hydrogen-bond acceptors (Lipinski definition) is 2. The Balaban J connectivity index is 1.99. The zero-order valence-electron chi connectivity index (χ0n) is 15.4. The molecule has 29 heavy (non-hydrogen) atoms. The molecule has 2 N–H and O–H groups in total. The molecule has 152 valence electrons. The van der Waals surface area contributed by atoms with Crippen LogP contribution in [0.1, 0.15) is 34.5 Å². The van der Waals surface area contributed by atoms with Crippen molar-refractivity contribution in [2.45, 2.75) is 25.4 Å². The van der Waals surface area contributed by atoms with E-state index in [4.69, 9.17) is 5.73 Å². The van der Waals surface area contributed by atoms with E-state index < -0.39 is 17.8 Å². The van der Waals surface area contributed by atoms with Crippen LogP contribution in [0, 0.1) is 0 Å². The number of primary amides is 1. The number of nitrogens with zero attached hydrogens (tertiary/aromatic N) is 2. The standard InChI is InChI=1S/C21H19BrF3N3O/c22-12-2-1-3-14-4-6-15(7-5-14)18-13-19(21(23,24)25)27-28(18)17-10-8-16(9-11-17)20(26)29/h4-11,13H,1-3,12H2,(H2,26,29). The number of aromatic nitrogens is 2. The minimum Gasteiger partial charge on any atom is -0.366 e. The largest absolute Gasteiger partial charge is 0.435 e. The molecule has 0 unspecified atom stereocenters. The predicted octanol–water partition coefficient (Wildman–Crippen LogP) is 5.37. The molecule has 3 rings (SSSR count). The Labute approximate surface area is 174 Å². The predicted molar refractivity (Wildman–Crippen MR) is 109 cm³/mol. The molecule has 0 aliphatic carbocycles. The third-order valence-electron chi connectivity index (χ3n) is 4.49. The van der Waals surface area contributed by atoms with Gasteiger partial charge in [-0.05, 0) is 55.2 Å². The Morgan fingerprint density at radius 1 is 1.03 bits per heavy atom. The lowest BCUT2D eigenvalue weighted by molar-refractivity contribution is -0.141. The molecule has 1 amide bonds. The summed E-state index contributed by atoms with van der Waals surface area (Å²) in [5.41, 5.74) is 6.99. The highest BCUT2D eigenvalue weighted by molar-refractivity contribution is 9.09. The molecule has 0 radical (unpaired) electrons. The molecule has 0 atom stereocenters. The molecule has 1 aromatic heterocycles. The van der Waals surface area contributed by atoms with Crippen LogP contribution in [-0.2, 0) is 12.6 Å². The number of alkyl halides is 4. The molecule has 2 aromatic carbocycles. The van der Waals surface area contributed by atoms with Crippen LogP contribution in [0.5, 0.6) is 0 Å². The van der Waals surface area contributed by atoms with Crippen molar-refractivity contribution in [1.29, 1.82) is 0 Å². The summed E-state index contributed by atoms with van der Waals surface area (Å²) >= 11 is 3.40. The van der Waals surface area contributed by atoms with E-state index in [1.165, 1.54) is 28.9 Å². The van der Waals surface area contributed by atoms with Gasteiger partial charge in [-0.3, -0.25) is 4.79 Å². The normalized spacial score (nSPS) is 11.6. The number of carbonyl (C=O) groups excluding carboxylic acids is 1. The number of rotatable bonds is 7. The molecule has 1 heterocycles. The Bertz CT molecular complexity index is 980. The van der Waals surface area contributed by atoms with E-state index >= 15 is 0 Å². The second kappa shape index (κ2) is 8.82. The topological polar surface area (TPSA) is 60.9 Å². The average Bonchev–Trinajstić information content (AvgIpc) is 3.15. The maximum absolute atomic E-state index is 13.3. The zero-order chi connectivity index (χ0) is 21.0. The van der Waals surface area contributed by atoms with Crippen molar-refractivity contribution in [2.24, 2.45) is 5.73 Å². The Morgan fingerprint density at radius 2 is 1.69 bits per heavy atom. The summed E-state index contributed by atoms with van der Waals surface area (Å²) < 4.78 is 41.1. The van der Waals surface area contributed by atoms with Crippen LogP contribution in [0.25, 0.3) is 16.9 Å². The first-order valence-corrected chi connectivity index (χ1v) is 10.1. The van der Waals surface area contributed by atoms with Crippen molar-refractivity contribution in [3.8, 4) is 16.9 Å². The van der Waals surface area contributed by atoms with Crippen molar-refractivity contribution in [1.82, 2.24) is 9.78 Å². The molecule has 3 aromatic rings. The summed E-state index contributed by atoms with van der Waals surface area (Å²) in [5.74, 6) is -0.608. The van der Waals surface area contributed by atoms with Crippen LogP contribution in [0.4, 0.5) is 13.2 Å². The van der Waals surface area contributed by atoms with Crippen molar-refractivity contribution >= 4 is 21.8 Å². The van der Waals surface area contributed by atoms with Gasteiger partial charge in [0.25, 0.3) is 0 Å². The summed E-state index contributed by atoms with van der Waals surface area (Å²) in [7, 11) is 0. The van der Waals surface area contributed by atoms with Gasteiger partial charge in [0.1, 0.15) is 0 Å². The van der Waals surface area contributed by atoms with Gasteiger partial charge in [0.15, 0.2) is 5.69 Å². The minimum atomic E-state index is -4.57. The van der Waals surface area contributed by atoms with Gasteiger partial charge >= 0.3 is 6.18 Å². The van der Waals surface area contributed by atoms with Gasteiger partial charge < -0.3 is 5.73 Å². The van der Waals surface area contributed by atoms with E-state index in [0.29, 0.717) is 16.9 Å². The van der Waals surface area contributed by atoms with Gasteiger partial charge in [0.05, 0.1) is 11.4 Å². The molecular weight excluding hydrogens is 447 g/mol. The summed E-state index contributed by atoms with van der Waals surface area (Å²) in [4.78, 5) is 11.2. The molecule has 8 heteroatoms. The molecule has 0 saturated carbocycles. The number of amides is 1. The first-order valence-electron chi connectivity index (χ1n) is 9.02. The van der Waals surface area contributed by atoms with E-state index in [1.807, 2.05) is 12.1 Å². The van der Waals surface area contributed by atoms with Crippen molar-refractivity contribution in [2.75, 3.05) is 5.33 Å². The van der Waals surface area contributed by atoms with Crippen LogP contribution in [0.2, 0.25) is 0 Å². The monoisotopic (exact) mass is 465 g/mol. The summed E-state index contributed by atoms with van der Waals surface area (Å²) in [5, 5.41) is 4.70. The van der Waals surface area contributed by atoms with Crippen LogP contribution < -0.4 is 5.73 Å². The van der Waals surface area contributed by atoms with Gasteiger partial charge in [0, 0.05) is 16.5 Å². The van der Waals surface area contributed by atoms with Crippen LogP contribution in [0.15, 0.2) is 54.6 Å². The molecule has 4 nitrogen and oxygen atoms in total. The maximum atomic E-state index is 13.3. The number of halogens is 4. The van der Waals surface area contributed by atoms with E-state index in [-0.39, 0.29) is 5.56 Å². The molecule has 0 fully saturated rings. The second-order valence-corrected chi connectivity index (χ2v) is 7.37. The van der Waals surface area contributed by atoms with Crippen molar-refractivity contribution in [3.63, 3.8) is 0 Å². The molecular formula is C21H19BrF3N3O. The Kier molecular flexibility index (Phi) is 6.42. The van der Waals surface area contributed by atoms with Gasteiger partial charge in [-0.1, -0.05) is 40.2 Å². The Morgan fingerprint density at radius 3 is 2.24 bits per heavy atom. The lowest BCUT2D eigenvalue weighted by atomic mass is 10.0. The summed E-state index contributed by atoms with van der Waals surface area (Å²) in [6.07, 6.45) is -1.56. The lowest BCUT2D eigenvalue weighted by Crippen LogP contribution is -2.11. The highest BCUT2D eigenvalue weighted by atomic mass is 79.9. The van der Waals surface area contributed by atoms with E-state index in [2.05, 4.69) is 21.0 Å². The maximum Gasteiger partial charge on any atom is 0.435 e. The van der Waals surface area contributed by atoms with E-state index in [1.54, 1.807) is 12.1 Å². The van der Waals surface area contributed by atoms with E-state index in [0.717, 1.165) is 36.2 Å². The third-order valence-corrected chi connectivity index (χ3v) is 5.06. The molecule has 0 aliphatic rings. The fraction of sp³-hybridized carbons (Fsp3) is 0.238. The highest BCUT2D eigenvalue weighted by Crippen LogP contribution is 2.33. The number of carbonyl (C=O) groups is 1. The molecule has 0 bridgehead atoms. The molecule has 0 spiro atoms. The smallest absolute Gasteiger partial charge is 0.366 e. The number of benzene rings is 2. The summed E-state index contributed by atoms with van der Waals surface area (Å²) in [6, 6.07) is 14.4. The first-order chi connectivity index (χ1) is 13.8. The van der Waals surface area contributed by atoms with Gasteiger partial charge in [-0.15, -0.1) is 0 Å². The van der Waals surface area contributed by atoms with Crippen molar-refractivity contribution < 1.29 is 18.0 Å². The second-order valence-electron chi connectivity index (χ2n) is 6.58. The lowest BCUT2D eigenvalue weighted by Gasteiger charge is -2.09. The van der Waals surface area contributed by atoms with Crippen molar-refractivity contribution in [3.05, 3.63) is 71.4 Å². The Hall–Kier alpha value is -2.61. The zero-order valence-corrected chi connectivity index (χ0v) is 17.0. The number of hydrogen-bond donors (Lipinski definition) is 1. The quantitative estimate of drug-likeness (QED) is 0.376. The number of nitrogens with two attached hydrogens (primary N) is 1. The van der Waals surface area contributed by atoms with E-state index in [9.17, 15) is 18.0 Å². The first kappa shape index (κ1) is 21.1. The van der Waals surface area contributed by atoms with Crippen LogP contribution in [0.3, 0.4) is 0 Å². The van der Waals surface area contributed by atoms with Crippen LogP contribution in [-0.4, -0.2) is 21.0 Å². The number of aryl methyl sites for hydroxylation is 1. The van der Waals surface area contributed by atoms with Crippen LogP contribution >= 0.6 is 15.9 Å². The third kappa shape index (κ3) is 5.06. The highest BCUT2D eigenvalue weighted by Gasteiger charge is 2.35. The fourth-order valence-electron chi connectivity index (χ4n) is 2.95. The average molecular weight is 466 g/mol. The SMILES string of the molecule is NC(=O)c1ccc(-n2nc(C(F)(F)F)cc2-c2ccc(CCCCBr)cc2)cc1. The molecule has 0 aliphatic heterocycles.